The zero-order valence-corrected chi connectivity index (χ0v) is 6.26. The molecule has 3 heteroatoms. The van der Waals surface area contributed by atoms with E-state index in [1.807, 2.05) is 6.92 Å². The Labute approximate surface area is 64.5 Å². The number of rotatable bonds is 1. The molecular weight excluding hydrogens is 145 g/mol. The Bertz CT molecular complexity index is 273. The summed E-state index contributed by atoms with van der Waals surface area (Å²) in [6.07, 6.45) is 0.580. The van der Waals surface area contributed by atoms with Gasteiger partial charge in [0.05, 0.1) is 5.69 Å². The predicted molar refractivity (Wildman–Crippen MR) is 41.9 cm³/mol. The third kappa shape index (κ3) is 1.42. The zero-order chi connectivity index (χ0) is 8.43. The van der Waals surface area contributed by atoms with Gasteiger partial charge in [-0.25, -0.2) is 4.39 Å². The molecule has 0 heterocycles. The monoisotopic (exact) mass is 155 g/mol. The number of aromatic hydroxyl groups is 1. The van der Waals surface area contributed by atoms with Crippen molar-refractivity contribution < 1.29 is 9.50 Å². The molecule has 0 aromatic heterocycles. The van der Waals surface area contributed by atoms with Crippen molar-refractivity contribution in [2.24, 2.45) is 0 Å². The van der Waals surface area contributed by atoms with Gasteiger partial charge < -0.3 is 10.8 Å². The van der Waals surface area contributed by atoms with Crippen LogP contribution in [0.1, 0.15) is 12.5 Å². The second kappa shape index (κ2) is 2.78. The van der Waals surface area contributed by atoms with E-state index in [-0.39, 0.29) is 11.4 Å². The SMILES string of the molecule is CCc1cc(N)c(O)cc1F. The number of anilines is 1. The number of nitrogen functional groups attached to an aromatic ring is 1. The van der Waals surface area contributed by atoms with E-state index >= 15 is 0 Å². The summed E-state index contributed by atoms with van der Waals surface area (Å²) in [6, 6.07) is 2.48. The molecule has 2 nitrogen and oxygen atoms in total. The third-order valence-electron chi connectivity index (χ3n) is 1.58. The van der Waals surface area contributed by atoms with Gasteiger partial charge in [0.1, 0.15) is 11.6 Å². The molecule has 0 amide bonds. The standard InChI is InChI=1S/C8H10FNO/c1-2-5-3-7(10)8(11)4-6(5)9/h3-4,11H,2,10H2,1H3. The molecular formula is C8H10FNO. The van der Waals surface area contributed by atoms with Gasteiger partial charge in [0.25, 0.3) is 0 Å². The Morgan fingerprint density at radius 2 is 2.18 bits per heavy atom. The van der Waals surface area contributed by atoms with Crippen molar-refractivity contribution in [3.63, 3.8) is 0 Å². The molecule has 0 bridgehead atoms. The van der Waals surface area contributed by atoms with Crippen LogP contribution in [0.4, 0.5) is 10.1 Å². The molecule has 0 radical (unpaired) electrons. The minimum atomic E-state index is -0.404. The molecule has 0 aliphatic heterocycles. The van der Waals surface area contributed by atoms with Crippen LogP contribution in [0.2, 0.25) is 0 Å². The summed E-state index contributed by atoms with van der Waals surface area (Å²) in [4.78, 5) is 0. The molecule has 3 N–H and O–H groups in total. The van der Waals surface area contributed by atoms with E-state index in [1.165, 1.54) is 6.07 Å². The van der Waals surface area contributed by atoms with Crippen LogP contribution in [0.3, 0.4) is 0 Å². The van der Waals surface area contributed by atoms with Crippen LogP contribution in [0.15, 0.2) is 12.1 Å². The highest BCUT2D eigenvalue weighted by Gasteiger charge is 2.04. The van der Waals surface area contributed by atoms with Crippen molar-refractivity contribution in [1.29, 1.82) is 0 Å². The molecule has 1 aromatic carbocycles. The largest absolute Gasteiger partial charge is 0.506 e. The molecule has 0 aliphatic rings. The molecule has 0 unspecified atom stereocenters. The number of hydrogen-bond donors (Lipinski definition) is 2. The van der Waals surface area contributed by atoms with Gasteiger partial charge >= 0.3 is 0 Å². The van der Waals surface area contributed by atoms with Gasteiger partial charge in [0.2, 0.25) is 0 Å². The number of phenolic OH excluding ortho intramolecular Hbond substituents is 1. The van der Waals surface area contributed by atoms with E-state index in [1.54, 1.807) is 0 Å². The van der Waals surface area contributed by atoms with E-state index in [9.17, 15) is 4.39 Å². The minimum absolute atomic E-state index is 0.195. The van der Waals surface area contributed by atoms with Crippen molar-refractivity contribution in [1.82, 2.24) is 0 Å². The lowest BCUT2D eigenvalue weighted by atomic mass is 10.1. The van der Waals surface area contributed by atoms with Crippen molar-refractivity contribution in [2.45, 2.75) is 13.3 Å². The fourth-order valence-electron chi connectivity index (χ4n) is 0.898. The Morgan fingerprint density at radius 1 is 1.55 bits per heavy atom. The van der Waals surface area contributed by atoms with Crippen molar-refractivity contribution >= 4 is 5.69 Å². The van der Waals surface area contributed by atoms with Crippen LogP contribution in [0.5, 0.6) is 5.75 Å². The smallest absolute Gasteiger partial charge is 0.141 e. The fraction of sp³-hybridized carbons (Fsp3) is 0.250. The number of phenols is 1. The number of nitrogens with two attached hydrogens (primary N) is 1. The first-order chi connectivity index (χ1) is 5.15. The summed E-state index contributed by atoms with van der Waals surface area (Å²) >= 11 is 0. The molecule has 1 aromatic rings. The average Bonchev–Trinajstić information content (AvgIpc) is 1.97. The van der Waals surface area contributed by atoms with Crippen LogP contribution >= 0.6 is 0 Å². The lowest BCUT2D eigenvalue weighted by Gasteiger charge is -2.02. The molecule has 0 fully saturated rings. The Hall–Kier alpha value is -1.25. The van der Waals surface area contributed by atoms with Crippen LogP contribution in [0.25, 0.3) is 0 Å². The number of hydrogen-bond acceptors (Lipinski definition) is 2. The number of benzene rings is 1. The first-order valence-electron chi connectivity index (χ1n) is 3.42. The molecule has 0 atom stereocenters. The summed E-state index contributed by atoms with van der Waals surface area (Å²) in [6.45, 7) is 1.83. The van der Waals surface area contributed by atoms with Crippen LogP contribution in [0, 0.1) is 5.82 Å². The maximum absolute atomic E-state index is 12.8. The number of halogens is 1. The molecule has 1 rings (SSSR count). The molecule has 0 spiro atoms. The van der Waals surface area contributed by atoms with Crippen LogP contribution in [-0.2, 0) is 6.42 Å². The summed E-state index contributed by atoms with van der Waals surface area (Å²) < 4.78 is 12.8. The van der Waals surface area contributed by atoms with Gasteiger partial charge in [0.15, 0.2) is 0 Å². The maximum atomic E-state index is 12.8. The van der Waals surface area contributed by atoms with E-state index in [0.29, 0.717) is 12.0 Å². The summed E-state index contributed by atoms with van der Waals surface area (Å²) in [5.41, 5.74) is 6.10. The van der Waals surface area contributed by atoms with Crippen molar-refractivity contribution in [3.05, 3.63) is 23.5 Å². The van der Waals surface area contributed by atoms with Gasteiger partial charge in [-0.2, -0.15) is 0 Å². The highest BCUT2D eigenvalue weighted by Crippen LogP contribution is 2.23. The number of aryl methyl sites for hydroxylation is 1. The quantitative estimate of drug-likeness (QED) is 0.478. The second-order valence-corrected chi connectivity index (χ2v) is 2.36. The highest BCUT2D eigenvalue weighted by molar-refractivity contribution is 5.53. The third-order valence-corrected chi connectivity index (χ3v) is 1.58. The molecule has 0 saturated carbocycles. The maximum Gasteiger partial charge on any atom is 0.141 e. The van der Waals surface area contributed by atoms with E-state index < -0.39 is 5.82 Å². The van der Waals surface area contributed by atoms with Gasteiger partial charge in [-0.15, -0.1) is 0 Å². The van der Waals surface area contributed by atoms with E-state index in [0.717, 1.165) is 6.07 Å². The van der Waals surface area contributed by atoms with E-state index in [4.69, 9.17) is 10.8 Å². The Kier molecular flexibility index (Phi) is 1.98. The molecule has 60 valence electrons. The zero-order valence-electron chi connectivity index (χ0n) is 6.26. The Balaban J connectivity index is 3.21. The van der Waals surface area contributed by atoms with E-state index in [2.05, 4.69) is 0 Å². The lowest BCUT2D eigenvalue weighted by Crippen LogP contribution is -1.92. The summed E-state index contributed by atoms with van der Waals surface area (Å²) in [7, 11) is 0. The predicted octanol–water partition coefficient (Wildman–Crippen LogP) is 1.68. The van der Waals surface area contributed by atoms with Crippen LogP contribution in [-0.4, -0.2) is 5.11 Å². The molecule has 0 saturated heterocycles. The molecule has 0 aliphatic carbocycles. The topological polar surface area (TPSA) is 46.2 Å². The Morgan fingerprint density at radius 3 is 2.73 bits per heavy atom. The second-order valence-electron chi connectivity index (χ2n) is 2.36. The first-order valence-corrected chi connectivity index (χ1v) is 3.42. The van der Waals surface area contributed by atoms with Crippen LogP contribution < -0.4 is 5.73 Å². The first kappa shape index (κ1) is 7.85. The lowest BCUT2D eigenvalue weighted by molar-refractivity contribution is 0.470. The molecule has 11 heavy (non-hydrogen) atoms. The fourth-order valence-corrected chi connectivity index (χ4v) is 0.898. The van der Waals surface area contributed by atoms with Gasteiger partial charge in [-0.05, 0) is 18.1 Å². The summed E-state index contributed by atoms with van der Waals surface area (Å²) in [5, 5.41) is 8.96. The van der Waals surface area contributed by atoms with Crippen molar-refractivity contribution in [2.75, 3.05) is 5.73 Å². The highest BCUT2D eigenvalue weighted by atomic mass is 19.1. The van der Waals surface area contributed by atoms with Crippen molar-refractivity contribution in [3.8, 4) is 5.75 Å². The summed E-state index contributed by atoms with van der Waals surface area (Å²) in [5.74, 6) is -0.598. The normalized spacial score (nSPS) is 10.0. The minimum Gasteiger partial charge on any atom is -0.506 e. The van der Waals surface area contributed by atoms with Gasteiger partial charge in [-0.3, -0.25) is 0 Å². The van der Waals surface area contributed by atoms with Gasteiger partial charge in [-0.1, -0.05) is 6.92 Å². The average molecular weight is 155 g/mol. The van der Waals surface area contributed by atoms with Gasteiger partial charge in [0, 0.05) is 6.07 Å².